The molecule has 2 saturated heterocycles. The van der Waals surface area contributed by atoms with E-state index < -0.39 is 5.72 Å². The largest absolute Gasteiger partial charge is 0.506 e. The van der Waals surface area contributed by atoms with E-state index in [1.165, 1.54) is 5.57 Å². The molecule has 0 unspecified atom stereocenters. The van der Waals surface area contributed by atoms with Gasteiger partial charge >= 0.3 is 0 Å². The molecule has 0 radical (unpaired) electrons. The molecule has 1 N–H and O–H groups in total. The Morgan fingerprint density at radius 1 is 1.36 bits per heavy atom. The SMILES string of the molecule is CC(=O)N1c2c(O)cccc2[C@@]23CCN4CC[C@@H](C[C@H]12)C1=CCO[C@]143. The van der Waals surface area contributed by atoms with E-state index in [0.717, 1.165) is 43.6 Å². The minimum atomic E-state index is -0.411. The van der Waals surface area contributed by atoms with Gasteiger partial charge in [-0.3, -0.25) is 9.69 Å². The average Bonchev–Trinajstić information content (AvgIpc) is 3.24. The van der Waals surface area contributed by atoms with Crippen LogP contribution in [-0.4, -0.2) is 47.4 Å². The van der Waals surface area contributed by atoms with Crippen molar-refractivity contribution in [1.29, 1.82) is 0 Å². The van der Waals surface area contributed by atoms with Crippen LogP contribution in [0.5, 0.6) is 5.75 Å². The van der Waals surface area contributed by atoms with Gasteiger partial charge in [0.15, 0.2) is 5.72 Å². The summed E-state index contributed by atoms with van der Waals surface area (Å²) in [7, 11) is 0. The summed E-state index contributed by atoms with van der Waals surface area (Å²) in [5.41, 5.74) is 2.59. The van der Waals surface area contributed by atoms with Crippen molar-refractivity contribution in [2.75, 3.05) is 24.6 Å². The van der Waals surface area contributed by atoms with Crippen molar-refractivity contribution in [3.63, 3.8) is 0 Å². The number of aromatic hydroxyl groups is 1. The number of rotatable bonds is 0. The molecule has 2 spiro atoms. The molecule has 130 valence electrons. The van der Waals surface area contributed by atoms with Crippen LogP contribution in [0.3, 0.4) is 0 Å². The van der Waals surface area contributed by atoms with Gasteiger partial charge in [-0.2, -0.15) is 0 Å². The molecule has 1 saturated carbocycles. The number of anilines is 1. The summed E-state index contributed by atoms with van der Waals surface area (Å²) < 4.78 is 6.55. The van der Waals surface area contributed by atoms with Crippen LogP contribution in [0.1, 0.15) is 31.7 Å². The molecule has 1 amide bonds. The summed E-state index contributed by atoms with van der Waals surface area (Å²) in [5.74, 6) is 0.709. The Balaban J connectivity index is 1.71. The molecule has 4 aliphatic heterocycles. The van der Waals surface area contributed by atoms with Gasteiger partial charge in [-0.25, -0.2) is 0 Å². The Labute approximate surface area is 146 Å². The number of benzene rings is 1. The van der Waals surface area contributed by atoms with Crippen molar-refractivity contribution in [3.8, 4) is 5.75 Å². The number of nitrogens with zero attached hydrogens (tertiary/aromatic N) is 2. The normalized spacial score (nSPS) is 40.5. The van der Waals surface area contributed by atoms with Gasteiger partial charge in [-0.15, -0.1) is 0 Å². The van der Waals surface area contributed by atoms with Gasteiger partial charge in [0.2, 0.25) is 5.91 Å². The van der Waals surface area contributed by atoms with E-state index >= 15 is 0 Å². The van der Waals surface area contributed by atoms with Crippen LogP contribution >= 0.6 is 0 Å². The summed E-state index contributed by atoms with van der Waals surface area (Å²) >= 11 is 0. The molecule has 4 heterocycles. The highest BCUT2D eigenvalue weighted by atomic mass is 16.5. The maximum atomic E-state index is 12.6. The lowest BCUT2D eigenvalue weighted by atomic mass is 9.56. The zero-order valence-corrected chi connectivity index (χ0v) is 14.4. The first kappa shape index (κ1) is 14.3. The van der Waals surface area contributed by atoms with Crippen LogP contribution in [0, 0.1) is 5.92 Å². The Hall–Kier alpha value is -1.85. The molecule has 1 aliphatic carbocycles. The quantitative estimate of drug-likeness (QED) is 0.737. The minimum Gasteiger partial charge on any atom is -0.506 e. The van der Waals surface area contributed by atoms with E-state index in [1.54, 1.807) is 13.0 Å². The van der Waals surface area contributed by atoms with Crippen LogP contribution < -0.4 is 4.90 Å². The molecular weight excluding hydrogens is 316 g/mol. The van der Waals surface area contributed by atoms with Gasteiger partial charge in [-0.05, 0) is 42.4 Å². The number of hydrogen-bond acceptors (Lipinski definition) is 4. The Kier molecular flexibility index (Phi) is 2.45. The van der Waals surface area contributed by atoms with Crippen molar-refractivity contribution >= 4 is 11.6 Å². The van der Waals surface area contributed by atoms with Gasteiger partial charge < -0.3 is 14.7 Å². The molecular formula is C20H22N2O3. The second-order valence-electron chi connectivity index (χ2n) is 8.12. The lowest BCUT2D eigenvalue weighted by Crippen LogP contribution is -2.69. The second kappa shape index (κ2) is 4.27. The van der Waals surface area contributed by atoms with Crippen molar-refractivity contribution < 1.29 is 14.6 Å². The lowest BCUT2D eigenvalue weighted by molar-refractivity contribution is -0.158. The highest BCUT2D eigenvalue weighted by molar-refractivity contribution is 5.98. The fraction of sp³-hybridized carbons (Fsp3) is 0.550. The smallest absolute Gasteiger partial charge is 0.224 e. The van der Waals surface area contributed by atoms with Gasteiger partial charge in [0, 0.05) is 20.0 Å². The summed E-state index contributed by atoms with van der Waals surface area (Å²) in [6.45, 7) is 4.33. The highest BCUT2D eigenvalue weighted by Crippen LogP contribution is 2.69. The third-order valence-electron chi connectivity index (χ3n) is 7.46. The Morgan fingerprint density at radius 2 is 2.24 bits per heavy atom. The number of piperidine rings is 1. The number of carbonyl (C=O) groups is 1. The van der Waals surface area contributed by atoms with Crippen LogP contribution in [0.4, 0.5) is 5.69 Å². The maximum Gasteiger partial charge on any atom is 0.224 e. The number of phenols is 1. The third kappa shape index (κ3) is 1.30. The number of ether oxygens (including phenoxy) is 1. The third-order valence-corrected chi connectivity index (χ3v) is 7.46. The lowest BCUT2D eigenvalue weighted by Gasteiger charge is -2.58. The van der Waals surface area contributed by atoms with Gasteiger partial charge in [-0.1, -0.05) is 18.2 Å². The molecule has 5 aliphatic rings. The molecule has 4 atom stereocenters. The molecule has 3 fully saturated rings. The van der Waals surface area contributed by atoms with E-state index in [9.17, 15) is 9.90 Å². The molecule has 2 bridgehead atoms. The first-order chi connectivity index (χ1) is 12.1. The topological polar surface area (TPSA) is 53.0 Å². The van der Waals surface area contributed by atoms with E-state index in [1.807, 2.05) is 11.0 Å². The average molecular weight is 338 g/mol. The van der Waals surface area contributed by atoms with Crippen molar-refractivity contribution in [1.82, 2.24) is 4.90 Å². The second-order valence-corrected chi connectivity index (χ2v) is 8.12. The fourth-order valence-corrected chi connectivity index (χ4v) is 6.84. The number of para-hydroxylation sites is 1. The number of phenolic OH excluding ortho intramolecular Hbond substituents is 1. The molecule has 5 nitrogen and oxygen atoms in total. The summed E-state index contributed by atoms with van der Waals surface area (Å²) in [6, 6.07) is 5.79. The van der Waals surface area contributed by atoms with Crippen LogP contribution in [0.25, 0.3) is 0 Å². The van der Waals surface area contributed by atoms with E-state index in [-0.39, 0.29) is 23.1 Å². The van der Waals surface area contributed by atoms with Gasteiger partial charge in [0.25, 0.3) is 0 Å². The van der Waals surface area contributed by atoms with Crippen LogP contribution in [0.2, 0.25) is 0 Å². The molecule has 6 rings (SSSR count). The van der Waals surface area contributed by atoms with Crippen LogP contribution in [0.15, 0.2) is 29.8 Å². The Bertz CT molecular complexity index is 849. The van der Waals surface area contributed by atoms with Crippen molar-refractivity contribution in [2.45, 2.75) is 43.4 Å². The standard InChI is InChI=1S/C20H22N2O3/c1-12(23)22-17-11-13-5-8-21-9-7-19(17,20(21)14(13)6-10-25-20)15-3-2-4-16(24)18(15)22/h2-4,6,13,17,24H,5,7-11H2,1H3/t13-,17-,19-,20-/m0/s1. The highest BCUT2D eigenvalue weighted by Gasteiger charge is 2.75. The predicted molar refractivity (Wildman–Crippen MR) is 92.4 cm³/mol. The summed E-state index contributed by atoms with van der Waals surface area (Å²) in [5, 5.41) is 10.6. The first-order valence-electron chi connectivity index (χ1n) is 9.33. The van der Waals surface area contributed by atoms with Gasteiger partial charge in [0.1, 0.15) is 5.75 Å². The zero-order valence-electron chi connectivity index (χ0n) is 14.4. The minimum absolute atomic E-state index is 0.0166. The Morgan fingerprint density at radius 3 is 3.08 bits per heavy atom. The van der Waals surface area contributed by atoms with E-state index in [0.29, 0.717) is 12.5 Å². The molecule has 0 aromatic heterocycles. The molecule has 25 heavy (non-hydrogen) atoms. The van der Waals surface area contributed by atoms with E-state index in [4.69, 9.17) is 4.74 Å². The van der Waals surface area contributed by atoms with Crippen LogP contribution in [-0.2, 0) is 14.9 Å². The van der Waals surface area contributed by atoms with E-state index in [2.05, 4.69) is 17.0 Å². The predicted octanol–water partition coefficient (Wildman–Crippen LogP) is 2.15. The van der Waals surface area contributed by atoms with Crippen molar-refractivity contribution in [3.05, 3.63) is 35.4 Å². The number of amides is 1. The number of carbonyl (C=O) groups excluding carboxylic acids is 1. The molecule has 1 aromatic rings. The maximum absolute atomic E-state index is 12.6. The number of fused-ring (bicyclic) bond motifs is 1. The van der Waals surface area contributed by atoms with Gasteiger partial charge in [0.05, 0.1) is 23.8 Å². The zero-order chi connectivity index (χ0) is 17.0. The first-order valence-corrected chi connectivity index (χ1v) is 9.33. The fourth-order valence-electron chi connectivity index (χ4n) is 6.84. The number of hydrogen-bond donors (Lipinski definition) is 1. The summed E-state index contributed by atoms with van der Waals surface area (Å²) in [4.78, 5) is 17.0. The molecule has 1 aromatic carbocycles. The monoisotopic (exact) mass is 338 g/mol. The summed E-state index contributed by atoms with van der Waals surface area (Å²) in [6.07, 6.45) is 5.37. The van der Waals surface area contributed by atoms with Crippen molar-refractivity contribution in [2.24, 2.45) is 5.92 Å². The molecule has 5 heteroatoms.